The molecule has 0 unspecified atom stereocenters. The molecule has 0 aromatic heterocycles. The fraction of sp³-hybridized carbons (Fsp3) is 0.318. The van der Waals surface area contributed by atoms with E-state index in [-0.39, 0.29) is 23.2 Å². The van der Waals surface area contributed by atoms with Gasteiger partial charge in [0.15, 0.2) is 0 Å². The SMILES string of the molecule is CC(C)(C)c1[c-]c2c(cc1)-c1ccc(C(C)(C)C)cc1C2.Cc1cc(C(C)(C)C)c[cH-]1.[Cl-].[Zr]=[C](c1ccccc1)c1ccccc1. The van der Waals surface area contributed by atoms with Gasteiger partial charge in [-0.3, -0.25) is 0 Å². The summed E-state index contributed by atoms with van der Waals surface area (Å²) in [6, 6.07) is 42.9. The van der Waals surface area contributed by atoms with E-state index in [1.807, 2.05) is 0 Å². The molecule has 1 aliphatic rings. The number of rotatable bonds is 2. The molecule has 240 valence electrons. The van der Waals surface area contributed by atoms with Gasteiger partial charge in [-0.05, 0) is 28.4 Å². The average molecular weight is 706 g/mol. The summed E-state index contributed by atoms with van der Waals surface area (Å²) in [5.41, 5.74) is 14.5. The molecule has 5 aromatic carbocycles. The van der Waals surface area contributed by atoms with Crippen molar-refractivity contribution in [3.8, 4) is 11.1 Å². The zero-order chi connectivity index (χ0) is 33.0. The predicted octanol–water partition coefficient (Wildman–Crippen LogP) is 8.47. The molecule has 0 fully saturated rings. The molecular formula is C44H50ClZr-3. The summed E-state index contributed by atoms with van der Waals surface area (Å²) in [5.74, 6) is 0. The van der Waals surface area contributed by atoms with Crippen LogP contribution in [0.5, 0.6) is 0 Å². The second-order valence-electron chi connectivity index (χ2n) is 15.3. The predicted molar refractivity (Wildman–Crippen MR) is 192 cm³/mol. The maximum atomic E-state index is 3.67. The Morgan fingerprint density at radius 2 is 1.15 bits per heavy atom. The first kappa shape index (κ1) is 37.7. The fourth-order valence-corrected chi connectivity index (χ4v) is 6.25. The van der Waals surface area contributed by atoms with Gasteiger partial charge in [-0.1, -0.05) is 98.4 Å². The van der Waals surface area contributed by atoms with Crippen molar-refractivity contribution >= 4 is 3.21 Å². The van der Waals surface area contributed by atoms with E-state index in [1.165, 1.54) is 83.1 Å². The number of aryl methyl sites for hydroxylation is 1. The van der Waals surface area contributed by atoms with Gasteiger partial charge in [0.1, 0.15) is 0 Å². The number of hydrogen-bond acceptors (Lipinski definition) is 0. The molecule has 0 saturated carbocycles. The van der Waals surface area contributed by atoms with Crippen molar-refractivity contribution in [3.05, 3.63) is 160 Å². The first-order chi connectivity index (χ1) is 21.0. The minimum absolute atomic E-state index is 0. The Morgan fingerprint density at radius 3 is 1.59 bits per heavy atom. The molecule has 1 aliphatic carbocycles. The summed E-state index contributed by atoms with van der Waals surface area (Å²) in [6.45, 7) is 22.4. The van der Waals surface area contributed by atoms with Gasteiger partial charge in [-0.15, -0.1) is 11.1 Å². The van der Waals surface area contributed by atoms with Crippen LogP contribution < -0.4 is 12.4 Å². The molecule has 46 heavy (non-hydrogen) atoms. The summed E-state index contributed by atoms with van der Waals surface area (Å²) >= 11 is 1.46. The Labute approximate surface area is 300 Å². The van der Waals surface area contributed by atoms with Crippen molar-refractivity contribution in [2.24, 2.45) is 0 Å². The zero-order valence-electron chi connectivity index (χ0n) is 29.5. The van der Waals surface area contributed by atoms with Crippen LogP contribution in [0.1, 0.15) is 107 Å². The molecule has 0 spiro atoms. The number of fused-ring (bicyclic) bond motifs is 3. The van der Waals surface area contributed by atoms with Crippen LogP contribution in [-0.2, 0) is 46.9 Å². The Bertz CT molecular complexity index is 1620. The standard InChI is InChI=1S/C21H25.C13H10.C10H15.ClH.Zr/c1-20(2,3)16-7-9-18-14(12-16)11-15-13-17(21(4,5)6)8-10-19(15)18;1-3-7-12(8-4-1)11-13-9-5-2-6-10-13;1-8-5-6-9(7-8)10(2,3)4;;/h7-10,12H,11H2,1-6H3;1-10H;5-7H,1-4H3;1H;/q-1;;-1;;/p-1. The van der Waals surface area contributed by atoms with Crippen molar-refractivity contribution in [1.29, 1.82) is 0 Å². The average Bonchev–Trinajstić information content (AvgIpc) is 3.60. The Kier molecular flexibility index (Phi) is 12.7. The van der Waals surface area contributed by atoms with Crippen molar-refractivity contribution in [1.82, 2.24) is 0 Å². The topological polar surface area (TPSA) is 0 Å². The molecule has 0 N–H and O–H groups in total. The second kappa shape index (κ2) is 15.4. The summed E-state index contributed by atoms with van der Waals surface area (Å²) in [4.78, 5) is 0. The number of halogens is 1. The molecule has 0 aliphatic heterocycles. The third-order valence-electron chi connectivity index (χ3n) is 8.36. The number of hydrogen-bond donors (Lipinski definition) is 0. The van der Waals surface area contributed by atoms with Gasteiger partial charge < -0.3 is 12.4 Å². The quantitative estimate of drug-likeness (QED) is 0.159. The van der Waals surface area contributed by atoms with Crippen LogP contribution in [0.4, 0.5) is 0 Å². The maximum absolute atomic E-state index is 3.67. The van der Waals surface area contributed by atoms with Gasteiger partial charge in [0.2, 0.25) is 0 Å². The van der Waals surface area contributed by atoms with E-state index < -0.39 is 0 Å². The van der Waals surface area contributed by atoms with Crippen LogP contribution in [-0.4, -0.2) is 3.21 Å². The third kappa shape index (κ3) is 9.89. The summed E-state index contributed by atoms with van der Waals surface area (Å²) in [5, 5.41) is 0. The third-order valence-corrected chi connectivity index (χ3v) is 9.78. The van der Waals surface area contributed by atoms with Gasteiger partial charge in [-0.25, -0.2) is 6.07 Å². The molecule has 0 heterocycles. The van der Waals surface area contributed by atoms with Crippen LogP contribution in [0.15, 0.2) is 109 Å². The van der Waals surface area contributed by atoms with Crippen LogP contribution in [0, 0.1) is 13.0 Å². The molecule has 0 amide bonds. The van der Waals surface area contributed by atoms with Gasteiger partial charge in [-0.2, -0.15) is 47.0 Å². The summed E-state index contributed by atoms with van der Waals surface area (Å²) in [7, 11) is 0. The minimum atomic E-state index is 0. The van der Waals surface area contributed by atoms with E-state index in [0.717, 1.165) is 6.42 Å². The molecule has 5 aromatic rings. The van der Waals surface area contributed by atoms with Crippen LogP contribution in [0.2, 0.25) is 0 Å². The summed E-state index contributed by atoms with van der Waals surface area (Å²) in [6.07, 6.45) is 1.03. The van der Waals surface area contributed by atoms with Crippen LogP contribution >= 0.6 is 0 Å². The Balaban J connectivity index is 0.000000200. The zero-order valence-corrected chi connectivity index (χ0v) is 32.7. The first-order valence-electron chi connectivity index (χ1n) is 16.2. The molecule has 0 bridgehead atoms. The second-order valence-corrected chi connectivity index (χ2v) is 16.6. The fourth-order valence-electron chi connectivity index (χ4n) is 5.43. The number of benzene rings is 4. The van der Waals surface area contributed by atoms with Gasteiger partial charge >= 0.3 is 99.2 Å². The van der Waals surface area contributed by atoms with Crippen molar-refractivity contribution < 1.29 is 36.6 Å². The van der Waals surface area contributed by atoms with Gasteiger partial charge in [0, 0.05) is 0 Å². The van der Waals surface area contributed by atoms with Crippen LogP contribution in [0.3, 0.4) is 0 Å². The molecule has 2 heteroatoms. The van der Waals surface area contributed by atoms with Crippen molar-refractivity contribution in [2.75, 3.05) is 0 Å². The van der Waals surface area contributed by atoms with Gasteiger partial charge in [0.05, 0.1) is 0 Å². The first-order valence-corrected chi connectivity index (χ1v) is 17.4. The van der Waals surface area contributed by atoms with Gasteiger partial charge in [0.25, 0.3) is 0 Å². The van der Waals surface area contributed by atoms with Crippen molar-refractivity contribution in [3.63, 3.8) is 0 Å². The van der Waals surface area contributed by atoms with Crippen LogP contribution in [0.25, 0.3) is 11.1 Å². The Hall–Kier alpha value is -2.73. The van der Waals surface area contributed by atoms with Crippen molar-refractivity contribution in [2.45, 2.75) is 91.9 Å². The van der Waals surface area contributed by atoms with E-state index in [9.17, 15) is 0 Å². The molecule has 0 saturated heterocycles. The molecule has 0 atom stereocenters. The molecule has 0 nitrogen and oxygen atoms in total. The van der Waals surface area contributed by atoms with E-state index in [2.05, 4.69) is 184 Å². The van der Waals surface area contributed by atoms with E-state index >= 15 is 0 Å². The molecule has 6 rings (SSSR count). The van der Waals surface area contributed by atoms with E-state index in [4.69, 9.17) is 0 Å². The van der Waals surface area contributed by atoms with E-state index in [0.29, 0.717) is 5.41 Å². The normalized spacial score (nSPS) is 11.9. The molecular weight excluding hydrogens is 655 g/mol. The monoisotopic (exact) mass is 703 g/mol. The van der Waals surface area contributed by atoms with E-state index in [1.54, 1.807) is 0 Å². The Morgan fingerprint density at radius 1 is 0.630 bits per heavy atom. The molecule has 0 radical (unpaired) electrons. The summed E-state index contributed by atoms with van der Waals surface area (Å²) < 4.78 is 1.42.